The minimum Gasteiger partial charge on any atom is -0.466 e. The number of carbonyl (C=O) groups excluding carboxylic acids is 1. The van der Waals surface area contributed by atoms with Crippen molar-refractivity contribution in [1.82, 2.24) is 4.98 Å². The van der Waals surface area contributed by atoms with E-state index in [1.165, 1.54) is 38.5 Å². The first kappa shape index (κ1) is 14.3. The number of esters is 1. The molecular formula is C14H22N2O2S. The number of carbonyl (C=O) groups is 1. The van der Waals surface area contributed by atoms with Crippen LogP contribution >= 0.6 is 11.3 Å². The first-order valence-electron chi connectivity index (χ1n) is 7.14. The lowest BCUT2D eigenvalue weighted by Gasteiger charge is -2.14. The van der Waals surface area contributed by atoms with Crippen LogP contribution in [0.5, 0.6) is 0 Å². The van der Waals surface area contributed by atoms with Gasteiger partial charge in [-0.3, -0.25) is 4.79 Å². The molecule has 106 valence electrons. The normalized spacial score (nSPS) is 16.9. The van der Waals surface area contributed by atoms with E-state index in [4.69, 9.17) is 4.74 Å². The van der Waals surface area contributed by atoms with Crippen LogP contribution in [-0.2, 0) is 16.0 Å². The molecule has 2 rings (SSSR count). The highest BCUT2D eigenvalue weighted by molar-refractivity contribution is 7.13. The van der Waals surface area contributed by atoms with E-state index in [0.717, 1.165) is 10.8 Å². The number of hydrogen-bond donors (Lipinski definition) is 1. The van der Waals surface area contributed by atoms with Crippen molar-refractivity contribution in [3.8, 4) is 0 Å². The highest BCUT2D eigenvalue weighted by Gasteiger charge is 2.14. The monoisotopic (exact) mass is 282 g/mol. The second kappa shape index (κ2) is 7.48. The van der Waals surface area contributed by atoms with Crippen molar-refractivity contribution in [2.75, 3.05) is 11.9 Å². The third kappa shape index (κ3) is 4.82. The zero-order valence-corrected chi connectivity index (χ0v) is 12.3. The molecule has 19 heavy (non-hydrogen) atoms. The van der Waals surface area contributed by atoms with Crippen molar-refractivity contribution in [1.29, 1.82) is 0 Å². The van der Waals surface area contributed by atoms with E-state index in [2.05, 4.69) is 10.3 Å². The molecule has 1 saturated carbocycles. The fourth-order valence-corrected chi connectivity index (χ4v) is 3.20. The molecule has 1 N–H and O–H groups in total. The number of nitrogens with one attached hydrogen (secondary N) is 1. The smallest absolute Gasteiger partial charge is 0.311 e. The van der Waals surface area contributed by atoms with Crippen LogP contribution in [0.4, 0.5) is 5.13 Å². The van der Waals surface area contributed by atoms with Crippen molar-refractivity contribution in [2.24, 2.45) is 0 Å². The Morgan fingerprint density at radius 3 is 2.84 bits per heavy atom. The molecule has 0 bridgehead atoms. The molecule has 0 amide bonds. The molecule has 1 aromatic rings. The average Bonchev–Trinajstić information content (AvgIpc) is 2.65. The van der Waals surface area contributed by atoms with Gasteiger partial charge < -0.3 is 10.1 Å². The first-order chi connectivity index (χ1) is 9.28. The van der Waals surface area contributed by atoms with Crippen LogP contribution in [0.25, 0.3) is 0 Å². The lowest BCUT2D eigenvalue weighted by Crippen LogP contribution is -2.18. The third-order valence-corrected chi connectivity index (χ3v) is 4.19. The van der Waals surface area contributed by atoms with Gasteiger partial charge in [-0.2, -0.15) is 0 Å². The van der Waals surface area contributed by atoms with E-state index in [9.17, 15) is 4.79 Å². The second-order valence-electron chi connectivity index (χ2n) is 4.96. The number of hydrogen-bond acceptors (Lipinski definition) is 5. The van der Waals surface area contributed by atoms with Gasteiger partial charge in [-0.25, -0.2) is 4.98 Å². The molecule has 0 aromatic carbocycles. The Hall–Kier alpha value is -1.10. The number of nitrogens with zero attached hydrogens (tertiary/aromatic N) is 1. The second-order valence-corrected chi connectivity index (χ2v) is 5.82. The van der Waals surface area contributed by atoms with Crippen LogP contribution in [0.15, 0.2) is 5.38 Å². The van der Waals surface area contributed by atoms with Gasteiger partial charge in [0.2, 0.25) is 0 Å². The molecule has 0 unspecified atom stereocenters. The number of aromatic nitrogens is 1. The summed E-state index contributed by atoms with van der Waals surface area (Å²) in [6.07, 6.45) is 8.04. The molecule has 0 aliphatic heterocycles. The lowest BCUT2D eigenvalue weighted by molar-refractivity contribution is -0.142. The predicted molar refractivity (Wildman–Crippen MR) is 77.6 cm³/mol. The molecule has 0 radical (unpaired) electrons. The van der Waals surface area contributed by atoms with E-state index < -0.39 is 0 Å². The Bertz CT molecular complexity index is 398. The summed E-state index contributed by atoms with van der Waals surface area (Å²) in [5, 5.41) is 6.38. The quantitative estimate of drug-likeness (QED) is 0.664. The Morgan fingerprint density at radius 1 is 1.42 bits per heavy atom. The van der Waals surface area contributed by atoms with Gasteiger partial charge in [0, 0.05) is 11.4 Å². The number of ether oxygens (including phenoxy) is 1. The molecular weight excluding hydrogens is 260 g/mol. The van der Waals surface area contributed by atoms with E-state index in [1.54, 1.807) is 11.3 Å². The Morgan fingerprint density at radius 2 is 2.16 bits per heavy atom. The van der Waals surface area contributed by atoms with Crippen LogP contribution < -0.4 is 5.32 Å². The van der Waals surface area contributed by atoms with Gasteiger partial charge in [-0.1, -0.05) is 25.7 Å². The third-order valence-electron chi connectivity index (χ3n) is 3.37. The van der Waals surface area contributed by atoms with Crippen molar-refractivity contribution in [2.45, 2.75) is 57.9 Å². The lowest BCUT2D eigenvalue weighted by atomic mass is 10.1. The first-order valence-corrected chi connectivity index (χ1v) is 8.02. The SMILES string of the molecule is CCOC(=O)Cc1csc(NC2CCCCCC2)n1. The molecule has 4 nitrogen and oxygen atoms in total. The van der Waals surface area contributed by atoms with Gasteiger partial charge in [0.15, 0.2) is 5.13 Å². The fraction of sp³-hybridized carbons (Fsp3) is 0.714. The molecule has 1 fully saturated rings. The summed E-state index contributed by atoms with van der Waals surface area (Å²) in [5.74, 6) is -0.200. The van der Waals surface area contributed by atoms with Crippen LogP contribution in [-0.4, -0.2) is 23.6 Å². The Labute approximate surface area is 118 Å². The van der Waals surface area contributed by atoms with Crippen LogP contribution in [0, 0.1) is 0 Å². The minimum absolute atomic E-state index is 0.200. The van der Waals surface area contributed by atoms with Gasteiger partial charge in [0.05, 0.1) is 18.7 Å². The summed E-state index contributed by atoms with van der Waals surface area (Å²) in [7, 11) is 0. The maximum atomic E-state index is 11.4. The van der Waals surface area contributed by atoms with Gasteiger partial charge in [-0.05, 0) is 19.8 Å². The zero-order chi connectivity index (χ0) is 13.5. The van der Waals surface area contributed by atoms with Gasteiger partial charge in [0.25, 0.3) is 0 Å². The summed E-state index contributed by atoms with van der Waals surface area (Å²) in [5.41, 5.74) is 0.805. The Kier molecular flexibility index (Phi) is 5.63. The summed E-state index contributed by atoms with van der Waals surface area (Å²) in [6, 6.07) is 0.545. The molecule has 0 atom stereocenters. The molecule has 1 aliphatic carbocycles. The highest BCUT2D eigenvalue weighted by atomic mass is 32.1. The summed E-state index contributed by atoms with van der Waals surface area (Å²) in [4.78, 5) is 15.8. The number of rotatable bonds is 5. The van der Waals surface area contributed by atoms with Crippen molar-refractivity contribution in [3.05, 3.63) is 11.1 Å². The summed E-state index contributed by atoms with van der Waals surface area (Å²) in [6.45, 7) is 2.24. The average molecular weight is 282 g/mol. The summed E-state index contributed by atoms with van der Waals surface area (Å²) >= 11 is 1.58. The van der Waals surface area contributed by atoms with Crippen molar-refractivity contribution in [3.63, 3.8) is 0 Å². The molecule has 0 saturated heterocycles. The van der Waals surface area contributed by atoms with Crippen molar-refractivity contribution >= 4 is 22.4 Å². The standard InChI is InChI=1S/C14H22N2O2S/c1-2-18-13(17)9-12-10-19-14(16-12)15-11-7-5-3-4-6-8-11/h10-11H,2-9H2,1H3,(H,15,16). The predicted octanol–water partition coefficient (Wildman–Crippen LogP) is 3.38. The van der Waals surface area contributed by atoms with E-state index in [-0.39, 0.29) is 12.4 Å². The summed E-state index contributed by atoms with van der Waals surface area (Å²) < 4.78 is 4.93. The van der Waals surface area contributed by atoms with Crippen LogP contribution in [0.1, 0.15) is 51.1 Å². The Balaban J connectivity index is 1.84. The number of thiazole rings is 1. The maximum Gasteiger partial charge on any atom is 0.311 e. The molecule has 1 aliphatic rings. The molecule has 1 aromatic heterocycles. The highest BCUT2D eigenvalue weighted by Crippen LogP contribution is 2.23. The van der Waals surface area contributed by atoms with Gasteiger partial charge in [0.1, 0.15) is 0 Å². The van der Waals surface area contributed by atoms with E-state index >= 15 is 0 Å². The van der Waals surface area contributed by atoms with Gasteiger partial charge >= 0.3 is 5.97 Å². The fourth-order valence-electron chi connectivity index (χ4n) is 2.41. The largest absolute Gasteiger partial charge is 0.466 e. The molecule has 1 heterocycles. The molecule has 0 spiro atoms. The van der Waals surface area contributed by atoms with Crippen LogP contribution in [0.3, 0.4) is 0 Å². The van der Waals surface area contributed by atoms with E-state index in [1.807, 2.05) is 12.3 Å². The van der Waals surface area contributed by atoms with Gasteiger partial charge in [-0.15, -0.1) is 11.3 Å². The van der Waals surface area contributed by atoms with E-state index in [0.29, 0.717) is 12.6 Å². The topological polar surface area (TPSA) is 51.2 Å². The minimum atomic E-state index is -0.200. The number of anilines is 1. The van der Waals surface area contributed by atoms with Crippen LogP contribution in [0.2, 0.25) is 0 Å². The maximum absolute atomic E-state index is 11.4. The van der Waals surface area contributed by atoms with Crippen molar-refractivity contribution < 1.29 is 9.53 Å². The molecule has 5 heteroatoms. The zero-order valence-electron chi connectivity index (χ0n) is 11.5.